The zero-order chi connectivity index (χ0) is 13.9. The third kappa shape index (κ3) is 3.70. The van der Waals surface area contributed by atoms with Crippen LogP contribution in [0.3, 0.4) is 0 Å². The highest BCUT2D eigenvalue weighted by Gasteiger charge is 2.27. The fourth-order valence-corrected chi connectivity index (χ4v) is 3.29. The lowest BCUT2D eigenvalue weighted by atomic mass is 10.1. The van der Waals surface area contributed by atoms with Gasteiger partial charge < -0.3 is 15.7 Å². The van der Waals surface area contributed by atoms with Gasteiger partial charge in [-0.1, -0.05) is 19.4 Å². The Bertz CT molecular complexity index is 417. The van der Waals surface area contributed by atoms with Crippen LogP contribution in [0.2, 0.25) is 0 Å². The smallest absolute Gasteiger partial charge is 0.315 e. The molecule has 1 fully saturated rings. The molecule has 1 aliphatic carbocycles. The van der Waals surface area contributed by atoms with Crippen molar-refractivity contribution in [3.63, 3.8) is 0 Å². The van der Waals surface area contributed by atoms with E-state index in [1.165, 1.54) is 24.2 Å². The summed E-state index contributed by atoms with van der Waals surface area (Å²) in [6, 6.07) is 3.86. The topological polar surface area (TPSA) is 61.4 Å². The van der Waals surface area contributed by atoms with E-state index in [0.717, 1.165) is 11.3 Å². The van der Waals surface area contributed by atoms with Crippen molar-refractivity contribution in [3.05, 3.63) is 22.4 Å². The number of urea groups is 1. The van der Waals surface area contributed by atoms with Crippen molar-refractivity contribution in [2.45, 2.75) is 44.8 Å². The maximum absolute atomic E-state index is 11.8. The first-order chi connectivity index (χ1) is 8.99. The molecule has 0 spiro atoms. The molecule has 0 radical (unpaired) electrons. The van der Waals surface area contributed by atoms with Crippen molar-refractivity contribution in [1.82, 2.24) is 10.6 Å². The highest BCUT2D eigenvalue weighted by Crippen LogP contribution is 2.25. The van der Waals surface area contributed by atoms with Gasteiger partial charge in [0.1, 0.15) is 5.60 Å². The van der Waals surface area contributed by atoms with Gasteiger partial charge in [0.15, 0.2) is 0 Å². The van der Waals surface area contributed by atoms with Crippen LogP contribution in [0.25, 0.3) is 0 Å². The first-order valence-electron chi connectivity index (χ1n) is 6.80. The van der Waals surface area contributed by atoms with E-state index in [0.29, 0.717) is 5.92 Å². The second kappa shape index (κ2) is 5.92. The molecule has 2 amide bonds. The summed E-state index contributed by atoms with van der Waals surface area (Å²) in [5.74, 6) is 0.545. The fourth-order valence-electron chi connectivity index (χ4n) is 2.50. The van der Waals surface area contributed by atoms with Gasteiger partial charge >= 0.3 is 6.03 Å². The molecular formula is C14H22N2O2S. The second-order valence-electron chi connectivity index (χ2n) is 5.59. The SMILES string of the molecule is CC1CCCC1NC(=O)NCC(C)(O)c1cccs1. The zero-order valence-electron chi connectivity index (χ0n) is 11.5. The average molecular weight is 282 g/mol. The van der Waals surface area contributed by atoms with E-state index in [1.807, 2.05) is 17.5 Å². The number of carbonyl (C=O) groups excluding carboxylic acids is 1. The lowest BCUT2D eigenvalue weighted by Gasteiger charge is -2.24. The Kier molecular flexibility index (Phi) is 4.47. The molecule has 19 heavy (non-hydrogen) atoms. The van der Waals surface area contributed by atoms with E-state index >= 15 is 0 Å². The van der Waals surface area contributed by atoms with Gasteiger partial charge in [-0.25, -0.2) is 4.79 Å². The van der Waals surface area contributed by atoms with Crippen molar-refractivity contribution >= 4 is 17.4 Å². The first-order valence-corrected chi connectivity index (χ1v) is 7.68. The highest BCUT2D eigenvalue weighted by molar-refractivity contribution is 7.10. The minimum Gasteiger partial charge on any atom is -0.383 e. The van der Waals surface area contributed by atoms with Gasteiger partial charge in [-0.2, -0.15) is 0 Å². The van der Waals surface area contributed by atoms with Crippen LogP contribution in [0.15, 0.2) is 17.5 Å². The molecule has 1 aromatic heterocycles. The number of hydrogen-bond donors (Lipinski definition) is 3. The summed E-state index contributed by atoms with van der Waals surface area (Å²) in [6.07, 6.45) is 3.41. The highest BCUT2D eigenvalue weighted by atomic mass is 32.1. The quantitative estimate of drug-likeness (QED) is 0.794. The van der Waals surface area contributed by atoms with E-state index in [-0.39, 0.29) is 18.6 Å². The van der Waals surface area contributed by atoms with Crippen molar-refractivity contribution in [1.29, 1.82) is 0 Å². The van der Waals surface area contributed by atoms with Crippen LogP contribution >= 0.6 is 11.3 Å². The molecule has 106 valence electrons. The monoisotopic (exact) mass is 282 g/mol. The molecule has 1 aromatic rings. The molecule has 5 heteroatoms. The molecule has 0 bridgehead atoms. The number of hydrogen-bond acceptors (Lipinski definition) is 3. The van der Waals surface area contributed by atoms with Crippen LogP contribution in [0.5, 0.6) is 0 Å². The Morgan fingerprint density at radius 3 is 2.95 bits per heavy atom. The van der Waals surface area contributed by atoms with E-state index < -0.39 is 5.60 Å². The third-order valence-corrected chi connectivity index (χ3v) is 4.95. The summed E-state index contributed by atoms with van der Waals surface area (Å²) < 4.78 is 0. The second-order valence-corrected chi connectivity index (χ2v) is 6.54. The van der Waals surface area contributed by atoms with E-state index in [1.54, 1.807) is 6.92 Å². The molecule has 3 atom stereocenters. The lowest BCUT2D eigenvalue weighted by molar-refractivity contribution is 0.0629. The lowest BCUT2D eigenvalue weighted by Crippen LogP contribution is -2.47. The maximum atomic E-state index is 11.8. The van der Waals surface area contributed by atoms with E-state index in [2.05, 4.69) is 17.6 Å². The number of nitrogens with one attached hydrogen (secondary N) is 2. The Morgan fingerprint density at radius 1 is 1.58 bits per heavy atom. The van der Waals surface area contributed by atoms with Crippen LogP contribution in [0.1, 0.15) is 38.0 Å². The average Bonchev–Trinajstić information content (AvgIpc) is 3.00. The summed E-state index contributed by atoms with van der Waals surface area (Å²) in [5.41, 5.74) is -1.01. The van der Waals surface area contributed by atoms with Gasteiger partial charge in [0.2, 0.25) is 0 Å². The molecule has 3 N–H and O–H groups in total. The number of carbonyl (C=O) groups is 1. The standard InChI is InChI=1S/C14H22N2O2S/c1-10-5-3-6-11(10)16-13(17)15-9-14(2,18)12-7-4-8-19-12/h4,7-8,10-11,18H,3,5-6,9H2,1-2H3,(H2,15,16,17). The summed E-state index contributed by atoms with van der Waals surface area (Å²) in [6.45, 7) is 4.11. The first kappa shape index (κ1) is 14.3. The normalized spacial score (nSPS) is 25.8. The molecule has 0 aromatic carbocycles. The number of thiophene rings is 1. The van der Waals surface area contributed by atoms with Gasteiger partial charge in [0.05, 0.1) is 6.54 Å². The van der Waals surface area contributed by atoms with Crippen molar-refractivity contribution in [3.8, 4) is 0 Å². The number of amides is 2. The Hall–Kier alpha value is -1.07. The van der Waals surface area contributed by atoms with Gasteiger partial charge in [0.25, 0.3) is 0 Å². The van der Waals surface area contributed by atoms with Crippen LogP contribution in [0.4, 0.5) is 4.79 Å². The predicted octanol–water partition coefficient (Wildman–Crippen LogP) is 2.44. The van der Waals surface area contributed by atoms with Crippen molar-refractivity contribution in [2.75, 3.05) is 6.54 Å². The maximum Gasteiger partial charge on any atom is 0.315 e. The molecule has 3 unspecified atom stereocenters. The van der Waals surface area contributed by atoms with Gasteiger partial charge in [-0.15, -0.1) is 11.3 Å². The molecule has 1 heterocycles. The minimum atomic E-state index is -1.01. The van der Waals surface area contributed by atoms with Crippen LogP contribution < -0.4 is 10.6 Å². The predicted molar refractivity (Wildman–Crippen MR) is 77.2 cm³/mol. The summed E-state index contributed by atoms with van der Waals surface area (Å²) >= 11 is 1.49. The van der Waals surface area contributed by atoms with Crippen molar-refractivity contribution in [2.24, 2.45) is 5.92 Å². The molecule has 1 aliphatic rings. The molecule has 2 rings (SSSR count). The Morgan fingerprint density at radius 2 is 2.37 bits per heavy atom. The summed E-state index contributed by atoms with van der Waals surface area (Å²) in [5, 5.41) is 18.0. The van der Waals surface area contributed by atoms with Gasteiger partial charge in [0, 0.05) is 10.9 Å². The van der Waals surface area contributed by atoms with Crippen LogP contribution in [-0.4, -0.2) is 23.7 Å². The molecule has 0 saturated heterocycles. The molecular weight excluding hydrogens is 260 g/mol. The Balaban J connectivity index is 1.80. The Labute approximate surface area is 118 Å². The fraction of sp³-hybridized carbons (Fsp3) is 0.643. The molecule has 0 aliphatic heterocycles. The number of rotatable bonds is 4. The third-order valence-electron chi connectivity index (χ3n) is 3.82. The molecule has 1 saturated carbocycles. The minimum absolute atomic E-state index is 0.185. The van der Waals surface area contributed by atoms with E-state index in [9.17, 15) is 9.90 Å². The molecule has 4 nitrogen and oxygen atoms in total. The van der Waals surface area contributed by atoms with Gasteiger partial charge in [-0.3, -0.25) is 0 Å². The largest absolute Gasteiger partial charge is 0.383 e. The van der Waals surface area contributed by atoms with Crippen LogP contribution in [0, 0.1) is 5.92 Å². The van der Waals surface area contributed by atoms with Gasteiger partial charge in [-0.05, 0) is 37.1 Å². The zero-order valence-corrected chi connectivity index (χ0v) is 12.3. The van der Waals surface area contributed by atoms with Crippen molar-refractivity contribution < 1.29 is 9.90 Å². The summed E-state index contributed by atoms with van der Waals surface area (Å²) in [7, 11) is 0. The van der Waals surface area contributed by atoms with Crippen LogP contribution in [-0.2, 0) is 5.60 Å². The summed E-state index contributed by atoms with van der Waals surface area (Å²) in [4.78, 5) is 12.7. The number of aliphatic hydroxyl groups is 1. The van der Waals surface area contributed by atoms with E-state index in [4.69, 9.17) is 0 Å².